The average molecular weight is 500 g/mol. The van der Waals surface area contributed by atoms with Crippen molar-refractivity contribution >= 4 is 41.5 Å². The lowest BCUT2D eigenvalue weighted by molar-refractivity contribution is -0.0504. The number of nitrogens with zero attached hydrogens (tertiary/aromatic N) is 3. The summed E-state index contributed by atoms with van der Waals surface area (Å²) in [6, 6.07) is 6.38. The molecule has 2 N–H and O–H groups in total. The molecule has 2 rings (SSSR count). The van der Waals surface area contributed by atoms with Crippen LogP contribution in [0, 0.1) is 0 Å². The van der Waals surface area contributed by atoms with Gasteiger partial charge in [0, 0.05) is 49.7 Å². The fourth-order valence-corrected chi connectivity index (χ4v) is 2.37. The number of benzene rings is 1. The van der Waals surface area contributed by atoms with E-state index in [2.05, 4.69) is 25.5 Å². The van der Waals surface area contributed by atoms with Crippen molar-refractivity contribution in [1.29, 1.82) is 0 Å². The lowest BCUT2D eigenvalue weighted by Gasteiger charge is -2.15. The Kier molecular flexibility index (Phi) is 10.3. The highest BCUT2D eigenvalue weighted by molar-refractivity contribution is 14.0. The van der Waals surface area contributed by atoms with Gasteiger partial charge in [0.25, 0.3) is 0 Å². The summed E-state index contributed by atoms with van der Waals surface area (Å²) < 4.78 is 31.3. The predicted molar refractivity (Wildman–Crippen MR) is 109 cm³/mol. The monoisotopic (exact) mass is 499 g/mol. The van der Waals surface area contributed by atoms with Crippen molar-refractivity contribution in [2.45, 2.75) is 26.1 Å². The van der Waals surface area contributed by atoms with E-state index in [4.69, 9.17) is 11.6 Å². The van der Waals surface area contributed by atoms with Crippen LogP contribution in [-0.4, -0.2) is 35.9 Å². The van der Waals surface area contributed by atoms with Crippen LogP contribution in [0.5, 0.6) is 5.75 Å². The third kappa shape index (κ3) is 7.73. The van der Waals surface area contributed by atoms with E-state index in [0.717, 1.165) is 13.0 Å². The molecule has 26 heavy (non-hydrogen) atoms. The van der Waals surface area contributed by atoms with Crippen molar-refractivity contribution in [3.8, 4) is 5.75 Å². The van der Waals surface area contributed by atoms with Gasteiger partial charge in [-0.1, -0.05) is 11.6 Å². The van der Waals surface area contributed by atoms with Crippen LogP contribution in [0.2, 0.25) is 5.02 Å². The molecule has 0 aliphatic carbocycles. The van der Waals surface area contributed by atoms with Gasteiger partial charge in [0.1, 0.15) is 5.75 Å². The minimum atomic E-state index is -2.89. The highest BCUT2D eigenvalue weighted by atomic mass is 127. The standard InChI is InChI=1S/C16H20ClF2N5O.HI/c1-20-16(21-6-2-8-24-9-3-7-23-24)22-11-12-10-13(17)4-5-14(12)25-15(18)19;/h3-5,7,9-10,15H,2,6,8,11H2,1H3,(H2,20,21,22);1H. The summed E-state index contributed by atoms with van der Waals surface area (Å²) in [4.78, 5) is 4.10. The molecule has 0 bridgehead atoms. The minimum absolute atomic E-state index is 0. The Bertz CT molecular complexity index is 685. The Morgan fingerprint density at radius 1 is 1.38 bits per heavy atom. The molecule has 1 aromatic heterocycles. The van der Waals surface area contributed by atoms with Crippen LogP contribution in [-0.2, 0) is 13.1 Å². The van der Waals surface area contributed by atoms with Crippen molar-refractivity contribution in [3.63, 3.8) is 0 Å². The molecular formula is C16H21ClF2IN5O. The van der Waals surface area contributed by atoms with Crippen LogP contribution in [0.1, 0.15) is 12.0 Å². The molecule has 0 radical (unpaired) electrons. The van der Waals surface area contributed by atoms with Gasteiger partial charge in [-0.3, -0.25) is 9.67 Å². The second-order valence-corrected chi connectivity index (χ2v) is 5.54. The molecule has 1 heterocycles. The maximum atomic E-state index is 12.5. The van der Waals surface area contributed by atoms with Crippen LogP contribution < -0.4 is 15.4 Å². The Balaban J connectivity index is 0.00000338. The Morgan fingerprint density at radius 2 is 2.19 bits per heavy atom. The third-order valence-corrected chi connectivity index (χ3v) is 3.56. The summed E-state index contributed by atoms with van der Waals surface area (Å²) in [5.41, 5.74) is 0.521. The van der Waals surface area contributed by atoms with Crippen molar-refractivity contribution in [3.05, 3.63) is 47.2 Å². The quantitative estimate of drug-likeness (QED) is 0.253. The molecule has 0 fully saturated rings. The maximum Gasteiger partial charge on any atom is 0.387 e. The summed E-state index contributed by atoms with van der Waals surface area (Å²) in [6.45, 7) is -1.16. The summed E-state index contributed by atoms with van der Waals surface area (Å²) in [5, 5.41) is 10.8. The van der Waals surface area contributed by atoms with E-state index in [1.54, 1.807) is 19.3 Å². The largest absolute Gasteiger partial charge is 0.434 e. The zero-order valence-corrected chi connectivity index (χ0v) is 17.2. The summed E-state index contributed by atoms with van der Waals surface area (Å²) >= 11 is 5.93. The molecule has 0 aliphatic rings. The third-order valence-electron chi connectivity index (χ3n) is 3.32. The highest BCUT2D eigenvalue weighted by Crippen LogP contribution is 2.24. The predicted octanol–water partition coefficient (Wildman–Crippen LogP) is 3.51. The maximum absolute atomic E-state index is 12.5. The van der Waals surface area contributed by atoms with E-state index in [0.29, 0.717) is 23.1 Å². The molecule has 10 heteroatoms. The lowest BCUT2D eigenvalue weighted by Crippen LogP contribution is -2.37. The highest BCUT2D eigenvalue weighted by Gasteiger charge is 2.11. The molecule has 0 unspecified atom stereocenters. The second kappa shape index (κ2) is 11.9. The SMILES string of the molecule is CN=C(NCCCn1cccn1)NCc1cc(Cl)ccc1OC(F)F.I. The van der Waals surface area contributed by atoms with Crippen LogP contribution >= 0.6 is 35.6 Å². The van der Waals surface area contributed by atoms with Crippen molar-refractivity contribution < 1.29 is 13.5 Å². The second-order valence-electron chi connectivity index (χ2n) is 5.11. The van der Waals surface area contributed by atoms with E-state index in [1.165, 1.54) is 12.1 Å². The van der Waals surface area contributed by atoms with E-state index < -0.39 is 6.61 Å². The summed E-state index contributed by atoms with van der Waals surface area (Å²) in [6.07, 6.45) is 4.49. The smallest absolute Gasteiger partial charge is 0.387 e. The molecule has 0 atom stereocenters. The van der Waals surface area contributed by atoms with Gasteiger partial charge >= 0.3 is 6.61 Å². The normalized spacial score (nSPS) is 11.2. The zero-order valence-electron chi connectivity index (χ0n) is 14.2. The molecular weight excluding hydrogens is 479 g/mol. The zero-order chi connectivity index (χ0) is 18.1. The van der Waals surface area contributed by atoms with E-state index in [1.807, 2.05) is 16.9 Å². The summed E-state index contributed by atoms with van der Waals surface area (Å²) in [7, 11) is 1.64. The lowest BCUT2D eigenvalue weighted by atomic mass is 10.2. The molecule has 0 saturated heterocycles. The average Bonchev–Trinajstić information content (AvgIpc) is 3.09. The fraction of sp³-hybridized carbons (Fsp3) is 0.375. The van der Waals surface area contributed by atoms with E-state index >= 15 is 0 Å². The minimum Gasteiger partial charge on any atom is -0.434 e. The number of aliphatic imine (C=N–C) groups is 1. The van der Waals surface area contributed by atoms with E-state index in [9.17, 15) is 8.78 Å². The van der Waals surface area contributed by atoms with Gasteiger partial charge in [0.05, 0.1) is 0 Å². The fourth-order valence-electron chi connectivity index (χ4n) is 2.18. The molecule has 0 saturated carbocycles. The first-order valence-corrected chi connectivity index (χ1v) is 8.11. The molecule has 0 spiro atoms. The molecule has 6 nitrogen and oxygen atoms in total. The molecule has 1 aromatic carbocycles. The molecule has 0 aliphatic heterocycles. The number of alkyl halides is 2. The molecule has 144 valence electrons. The van der Waals surface area contributed by atoms with Crippen LogP contribution in [0.25, 0.3) is 0 Å². The Morgan fingerprint density at radius 3 is 2.85 bits per heavy atom. The number of halogens is 4. The van der Waals surface area contributed by atoms with Crippen molar-refractivity contribution in [2.24, 2.45) is 4.99 Å². The number of guanidine groups is 1. The van der Waals surface area contributed by atoms with Gasteiger partial charge in [0.15, 0.2) is 5.96 Å². The number of ether oxygens (including phenoxy) is 1. The first kappa shape index (κ1) is 22.4. The number of aromatic nitrogens is 2. The molecule has 2 aromatic rings. The van der Waals surface area contributed by atoms with Gasteiger partial charge in [-0.25, -0.2) is 0 Å². The summed E-state index contributed by atoms with van der Waals surface area (Å²) in [5.74, 6) is 0.643. The first-order chi connectivity index (χ1) is 12.1. The number of nitrogens with one attached hydrogen (secondary N) is 2. The number of rotatable bonds is 8. The number of hydrogen-bond donors (Lipinski definition) is 2. The van der Waals surface area contributed by atoms with Crippen molar-refractivity contribution in [1.82, 2.24) is 20.4 Å². The molecule has 0 amide bonds. The van der Waals surface area contributed by atoms with Gasteiger partial charge < -0.3 is 15.4 Å². The van der Waals surface area contributed by atoms with Gasteiger partial charge in [-0.15, -0.1) is 24.0 Å². The topological polar surface area (TPSA) is 63.5 Å². The van der Waals surface area contributed by atoms with Gasteiger partial charge in [-0.05, 0) is 30.7 Å². The number of aryl methyl sites for hydroxylation is 1. The van der Waals surface area contributed by atoms with E-state index in [-0.39, 0.29) is 36.3 Å². The van der Waals surface area contributed by atoms with Crippen LogP contribution in [0.4, 0.5) is 8.78 Å². The van der Waals surface area contributed by atoms with Gasteiger partial charge in [0.2, 0.25) is 0 Å². The van der Waals surface area contributed by atoms with Crippen LogP contribution in [0.3, 0.4) is 0 Å². The van der Waals surface area contributed by atoms with Gasteiger partial charge in [-0.2, -0.15) is 13.9 Å². The Labute approximate surface area is 173 Å². The first-order valence-electron chi connectivity index (χ1n) is 7.73. The number of hydrogen-bond acceptors (Lipinski definition) is 3. The van der Waals surface area contributed by atoms with Crippen molar-refractivity contribution in [2.75, 3.05) is 13.6 Å². The Hall–Kier alpha value is -1.62. The van der Waals surface area contributed by atoms with Crippen LogP contribution in [0.15, 0.2) is 41.7 Å².